The Balaban J connectivity index is 2.28. The zero-order valence-electron chi connectivity index (χ0n) is 14.2. The molecule has 1 atom stereocenters. The van der Waals surface area contributed by atoms with E-state index in [1.165, 1.54) is 23.9 Å². The fraction of sp³-hybridized carbons (Fsp3) is 0.353. The van der Waals surface area contributed by atoms with E-state index in [2.05, 4.69) is 10.4 Å². The molecule has 8 heteroatoms. The predicted octanol–water partition coefficient (Wildman–Crippen LogP) is 1.85. The number of amides is 1. The molecule has 1 heterocycles. The van der Waals surface area contributed by atoms with Crippen molar-refractivity contribution in [1.82, 2.24) is 15.1 Å². The van der Waals surface area contributed by atoms with Crippen molar-refractivity contribution in [3.05, 3.63) is 47.0 Å². The molecule has 0 spiro atoms. The number of hydrogen-bond acceptors (Lipinski definition) is 4. The Bertz CT molecular complexity index is 771. The van der Waals surface area contributed by atoms with Crippen LogP contribution >= 0.6 is 0 Å². The molecule has 134 valence electrons. The van der Waals surface area contributed by atoms with Crippen molar-refractivity contribution in [2.75, 3.05) is 13.7 Å². The summed E-state index contributed by atoms with van der Waals surface area (Å²) < 4.78 is 19.5. The molecule has 1 aromatic carbocycles. The van der Waals surface area contributed by atoms with Crippen molar-refractivity contribution >= 4 is 11.9 Å². The van der Waals surface area contributed by atoms with Gasteiger partial charge >= 0.3 is 5.97 Å². The number of nitrogens with one attached hydrogen (secondary N) is 1. The van der Waals surface area contributed by atoms with Crippen molar-refractivity contribution in [3.8, 4) is 5.69 Å². The lowest BCUT2D eigenvalue weighted by Crippen LogP contribution is -2.41. The van der Waals surface area contributed by atoms with Crippen molar-refractivity contribution in [1.29, 1.82) is 0 Å². The number of halogens is 1. The highest BCUT2D eigenvalue weighted by Crippen LogP contribution is 2.18. The van der Waals surface area contributed by atoms with Crippen LogP contribution < -0.4 is 5.32 Å². The van der Waals surface area contributed by atoms with Gasteiger partial charge in [-0.2, -0.15) is 5.10 Å². The summed E-state index contributed by atoms with van der Waals surface area (Å²) in [4.78, 5) is 23.8. The van der Waals surface area contributed by atoms with Crippen molar-refractivity contribution in [2.45, 2.75) is 26.3 Å². The first-order valence-corrected chi connectivity index (χ1v) is 7.70. The van der Waals surface area contributed by atoms with Crippen molar-refractivity contribution < 1.29 is 23.8 Å². The maximum absolute atomic E-state index is 13.1. The van der Waals surface area contributed by atoms with Crippen LogP contribution in [0.4, 0.5) is 4.39 Å². The molecule has 25 heavy (non-hydrogen) atoms. The third-order valence-electron chi connectivity index (χ3n) is 3.80. The molecule has 0 aliphatic rings. The molecule has 2 aromatic rings. The predicted molar refractivity (Wildman–Crippen MR) is 88.4 cm³/mol. The lowest BCUT2D eigenvalue weighted by molar-refractivity contribution is -0.139. The van der Waals surface area contributed by atoms with E-state index in [0.717, 1.165) is 0 Å². The normalized spacial score (nSPS) is 12.0. The number of aromatic nitrogens is 2. The summed E-state index contributed by atoms with van der Waals surface area (Å²) >= 11 is 0. The van der Waals surface area contributed by atoms with Crippen LogP contribution in [0.1, 0.15) is 28.2 Å². The third-order valence-corrected chi connectivity index (χ3v) is 3.80. The molecule has 0 saturated heterocycles. The van der Waals surface area contributed by atoms with Gasteiger partial charge in [0.25, 0.3) is 5.91 Å². The fourth-order valence-electron chi connectivity index (χ4n) is 2.53. The van der Waals surface area contributed by atoms with E-state index in [1.54, 1.807) is 26.0 Å². The quantitative estimate of drug-likeness (QED) is 0.796. The summed E-state index contributed by atoms with van der Waals surface area (Å²) in [6, 6.07) is 4.65. The van der Waals surface area contributed by atoms with E-state index in [0.29, 0.717) is 22.6 Å². The number of nitrogens with zero attached hydrogens (tertiary/aromatic N) is 2. The van der Waals surface area contributed by atoms with Crippen LogP contribution in [0.2, 0.25) is 0 Å². The average Bonchev–Trinajstić information content (AvgIpc) is 2.86. The third kappa shape index (κ3) is 4.21. The molecule has 0 radical (unpaired) electrons. The van der Waals surface area contributed by atoms with Crippen LogP contribution in [0.25, 0.3) is 5.69 Å². The highest BCUT2D eigenvalue weighted by Gasteiger charge is 2.25. The van der Waals surface area contributed by atoms with E-state index in [9.17, 15) is 19.1 Å². The molecule has 0 aliphatic carbocycles. The molecule has 1 amide bonds. The molecule has 2 rings (SSSR count). The highest BCUT2D eigenvalue weighted by atomic mass is 19.1. The van der Waals surface area contributed by atoms with Gasteiger partial charge in [0.15, 0.2) is 0 Å². The molecular weight excluding hydrogens is 329 g/mol. The summed E-state index contributed by atoms with van der Waals surface area (Å²) in [5.74, 6) is -2.02. The van der Waals surface area contributed by atoms with E-state index >= 15 is 0 Å². The summed E-state index contributed by atoms with van der Waals surface area (Å²) in [7, 11) is 1.46. The Morgan fingerprint density at radius 1 is 1.32 bits per heavy atom. The first-order chi connectivity index (χ1) is 11.8. The van der Waals surface area contributed by atoms with Gasteiger partial charge in [0.05, 0.1) is 22.6 Å². The van der Waals surface area contributed by atoms with Crippen LogP contribution in [0.15, 0.2) is 24.3 Å². The number of carbonyl (C=O) groups is 2. The number of methoxy groups -OCH3 is 1. The second-order valence-electron chi connectivity index (χ2n) is 5.58. The minimum atomic E-state index is -1.13. The van der Waals surface area contributed by atoms with Gasteiger partial charge < -0.3 is 15.2 Å². The average molecular weight is 349 g/mol. The Kier molecular flexibility index (Phi) is 5.87. The molecule has 0 fully saturated rings. The maximum Gasteiger partial charge on any atom is 0.326 e. The molecule has 0 saturated carbocycles. The molecule has 7 nitrogen and oxygen atoms in total. The topological polar surface area (TPSA) is 93.5 Å². The van der Waals surface area contributed by atoms with Gasteiger partial charge in [0.2, 0.25) is 0 Å². The largest absolute Gasteiger partial charge is 0.480 e. The number of aliphatic carboxylic acids is 1. The summed E-state index contributed by atoms with van der Waals surface area (Å²) in [6.45, 7) is 3.57. The number of carbonyl (C=O) groups excluding carboxylic acids is 1. The lowest BCUT2D eigenvalue weighted by Gasteiger charge is -2.14. The first-order valence-electron chi connectivity index (χ1n) is 7.70. The van der Waals surface area contributed by atoms with E-state index < -0.39 is 17.9 Å². The Morgan fingerprint density at radius 2 is 1.96 bits per heavy atom. The second kappa shape index (κ2) is 7.89. The SMILES string of the molecule is COCCC(NC(=O)c1c(C)nn(-c2ccc(F)cc2)c1C)C(=O)O. The van der Waals surface area contributed by atoms with E-state index in [-0.39, 0.29) is 18.8 Å². The standard InChI is InChI=1S/C17H20FN3O4/c1-10-15(16(22)19-14(17(23)24)8-9-25-3)11(2)21(20-10)13-6-4-12(18)5-7-13/h4-7,14H,8-9H2,1-3H3,(H,19,22)(H,23,24). The zero-order valence-corrected chi connectivity index (χ0v) is 14.2. The van der Waals surface area contributed by atoms with Gasteiger partial charge in [-0.15, -0.1) is 0 Å². The molecule has 2 N–H and O–H groups in total. The van der Waals surface area contributed by atoms with Gasteiger partial charge in [0, 0.05) is 20.1 Å². The van der Waals surface area contributed by atoms with Gasteiger partial charge in [-0.1, -0.05) is 0 Å². The monoisotopic (exact) mass is 349 g/mol. The molecular formula is C17H20FN3O4. The molecule has 1 unspecified atom stereocenters. The Morgan fingerprint density at radius 3 is 2.52 bits per heavy atom. The summed E-state index contributed by atoms with van der Waals surface area (Å²) in [6.07, 6.45) is 0.155. The Labute approximate surface area is 144 Å². The van der Waals surface area contributed by atoms with Crippen molar-refractivity contribution in [2.24, 2.45) is 0 Å². The molecule has 0 aliphatic heterocycles. The number of hydrogen-bond donors (Lipinski definition) is 2. The maximum atomic E-state index is 13.1. The number of carboxylic acids is 1. The van der Waals surface area contributed by atoms with E-state index in [1.807, 2.05) is 0 Å². The van der Waals surface area contributed by atoms with Crippen LogP contribution in [-0.2, 0) is 9.53 Å². The van der Waals surface area contributed by atoms with Gasteiger partial charge in [-0.05, 0) is 38.1 Å². The van der Waals surface area contributed by atoms with Crippen LogP contribution in [-0.4, -0.2) is 46.5 Å². The minimum Gasteiger partial charge on any atom is -0.480 e. The zero-order chi connectivity index (χ0) is 18.6. The number of benzene rings is 1. The van der Waals surface area contributed by atoms with Crippen LogP contribution in [0.5, 0.6) is 0 Å². The van der Waals surface area contributed by atoms with Gasteiger partial charge in [-0.3, -0.25) is 4.79 Å². The second-order valence-corrected chi connectivity index (χ2v) is 5.58. The minimum absolute atomic E-state index is 0.155. The first kappa shape index (κ1) is 18.6. The highest BCUT2D eigenvalue weighted by molar-refractivity contribution is 5.98. The number of aryl methyl sites for hydroxylation is 1. The molecule has 1 aromatic heterocycles. The van der Waals surface area contributed by atoms with E-state index in [4.69, 9.17) is 4.74 Å². The summed E-state index contributed by atoms with van der Waals surface area (Å²) in [5.41, 5.74) is 1.90. The van der Waals surface area contributed by atoms with Gasteiger partial charge in [-0.25, -0.2) is 13.9 Å². The van der Waals surface area contributed by atoms with Crippen LogP contribution in [0, 0.1) is 19.7 Å². The molecule has 0 bridgehead atoms. The summed E-state index contributed by atoms with van der Waals surface area (Å²) in [5, 5.41) is 16.0. The lowest BCUT2D eigenvalue weighted by atomic mass is 10.1. The van der Waals surface area contributed by atoms with Gasteiger partial charge in [0.1, 0.15) is 11.9 Å². The fourth-order valence-corrected chi connectivity index (χ4v) is 2.53. The Hall–Kier alpha value is -2.74. The smallest absolute Gasteiger partial charge is 0.326 e. The number of carboxylic acid groups (broad SMARTS) is 1. The van der Waals surface area contributed by atoms with Crippen molar-refractivity contribution in [3.63, 3.8) is 0 Å². The number of ether oxygens (including phenoxy) is 1. The number of rotatable bonds is 7. The van der Waals surface area contributed by atoms with Crippen LogP contribution in [0.3, 0.4) is 0 Å².